The first-order valence-corrected chi connectivity index (χ1v) is 11.7. The third kappa shape index (κ3) is 5.21. The summed E-state index contributed by atoms with van der Waals surface area (Å²) in [5.74, 6) is 0.674. The maximum atomic E-state index is 12.3. The highest BCUT2D eigenvalue weighted by Gasteiger charge is 2.18. The third-order valence-electron chi connectivity index (χ3n) is 4.59. The van der Waals surface area contributed by atoms with Crippen LogP contribution in [0.15, 0.2) is 77.3 Å². The molecule has 8 nitrogen and oxygen atoms in total. The molecule has 0 aliphatic carbocycles. The molecule has 0 atom stereocenters. The number of thiophene rings is 1. The zero-order chi connectivity index (χ0) is 22.3. The average molecular weight is 466 g/mol. The van der Waals surface area contributed by atoms with E-state index in [1.165, 1.54) is 28.8 Å². The van der Waals surface area contributed by atoms with Crippen LogP contribution in [0.1, 0.15) is 4.88 Å². The molecule has 0 spiro atoms. The molecular formula is C22H19N5O3S2. The number of rotatable bonds is 9. The average Bonchev–Trinajstić information content (AvgIpc) is 3.48. The lowest BCUT2D eigenvalue weighted by Crippen LogP contribution is -2.27. The van der Waals surface area contributed by atoms with E-state index in [9.17, 15) is 14.9 Å². The number of benzene rings is 2. The molecule has 2 aromatic carbocycles. The maximum absolute atomic E-state index is 12.3. The molecule has 162 valence electrons. The smallest absolute Gasteiger partial charge is 0.269 e. The zero-order valence-electron chi connectivity index (χ0n) is 16.9. The number of nitrogens with zero attached hydrogens (tertiary/aromatic N) is 4. The van der Waals surface area contributed by atoms with Gasteiger partial charge in [0.25, 0.3) is 5.69 Å². The summed E-state index contributed by atoms with van der Waals surface area (Å²) in [4.78, 5) is 24.1. The van der Waals surface area contributed by atoms with Crippen LogP contribution in [0, 0.1) is 10.1 Å². The lowest BCUT2D eigenvalue weighted by Gasteiger charge is -2.10. The van der Waals surface area contributed by atoms with E-state index in [-0.39, 0.29) is 17.3 Å². The minimum atomic E-state index is -0.440. The summed E-state index contributed by atoms with van der Waals surface area (Å²) in [6.45, 7) is 0.583. The maximum Gasteiger partial charge on any atom is 0.269 e. The van der Waals surface area contributed by atoms with Gasteiger partial charge in [0.1, 0.15) is 0 Å². The van der Waals surface area contributed by atoms with Crippen LogP contribution >= 0.6 is 23.1 Å². The standard InChI is InChI=1S/C22H19N5O3S2/c28-20(23-13-12-19-7-4-14-31-19)15-32-22-25-24-21(26(22)17-5-2-1-3-6-17)16-8-10-18(11-9-16)27(29)30/h1-11,14H,12-13,15H2,(H,23,28). The number of carbonyl (C=O) groups is 1. The van der Waals surface area contributed by atoms with Gasteiger partial charge in [0.15, 0.2) is 11.0 Å². The van der Waals surface area contributed by atoms with Crippen molar-refractivity contribution in [1.82, 2.24) is 20.1 Å². The molecule has 0 bridgehead atoms. The van der Waals surface area contributed by atoms with E-state index in [1.807, 2.05) is 52.4 Å². The first kappa shape index (κ1) is 21.7. The van der Waals surface area contributed by atoms with E-state index >= 15 is 0 Å². The summed E-state index contributed by atoms with van der Waals surface area (Å²) in [5, 5.41) is 25.1. The van der Waals surface area contributed by atoms with Crippen molar-refractivity contribution in [2.24, 2.45) is 0 Å². The van der Waals surface area contributed by atoms with Crippen molar-refractivity contribution < 1.29 is 9.72 Å². The number of hydrogen-bond acceptors (Lipinski definition) is 7. The molecule has 10 heteroatoms. The Hall–Kier alpha value is -3.50. The minimum Gasteiger partial charge on any atom is -0.355 e. The summed E-state index contributed by atoms with van der Waals surface area (Å²) in [6.07, 6.45) is 0.804. The fraction of sp³-hybridized carbons (Fsp3) is 0.136. The van der Waals surface area contributed by atoms with Crippen LogP contribution in [-0.4, -0.2) is 37.9 Å². The predicted molar refractivity (Wildman–Crippen MR) is 125 cm³/mol. The number of non-ortho nitro benzene ring substituents is 1. The van der Waals surface area contributed by atoms with Gasteiger partial charge >= 0.3 is 0 Å². The van der Waals surface area contributed by atoms with Crippen LogP contribution in [0.25, 0.3) is 17.1 Å². The zero-order valence-corrected chi connectivity index (χ0v) is 18.5. The van der Waals surface area contributed by atoms with Gasteiger partial charge in [-0.25, -0.2) is 0 Å². The van der Waals surface area contributed by atoms with Crippen LogP contribution in [-0.2, 0) is 11.2 Å². The minimum absolute atomic E-state index is 0.00773. The van der Waals surface area contributed by atoms with Gasteiger partial charge in [-0.2, -0.15) is 0 Å². The molecule has 1 amide bonds. The highest BCUT2D eigenvalue weighted by molar-refractivity contribution is 7.99. The van der Waals surface area contributed by atoms with Crippen LogP contribution < -0.4 is 5.32 Å². The Morgan fingerprint density at radius 2 is 1.84 bits per heavy atom. The molecule has 0 fully saturated rings. The fourth-order valence-corrected chi connectivity index (χ4v) is 4.54. The van der Waals surface area contributed by atoms with E-state index in [2.05, 4.69) is 15.5 Å². The highest BCUT2D eigenvalue weighted by atomic mass is 32.2. The van der Waals surface area contributed by atoms with Crippen LogP contribution in [0.3, 0.4) is 0 Å². The largest absolute Gasteiger partial charge is 0.355 e. The summed E-state index contributed by atoms with van der Waals surface area (Å²) in [5.41, 5.74) is 1.54. The van der Waals surface area contributed by atoms with Crippen LogP contribution in [0.5, 0.6) is 0 Å². The number of thioether (sulfide) groups is 1. The summed E-state index contributed by atoms with van der Waals surface area (Å²) >= 11 is 2.97. The molecule has 0 saturated heterocycles. The highest BCUT2D eigenvalue weighted by Crippen LogP contribution is 2.28. The Kier molecular flexibility index (Phi) is 6.93. The molecular weight excluding hydrogens is 446 g/mol. The number of nitrogens with one attached hydrogen (secondary N) is 1. The van der Waals surface area contributed by atoms with E-state index in [0.717, 1.165) is 12.1 Å². The van der Waals surface area contributed by atoms with Crippen molar-refractivity contribution in [3.63, 3.8) is 0 Å². The Labute approximate surface area is 192 Å². The van der Waals surface area contributed by atoms with Gasteiger partial charge in [-0.15, -0.1) is 21.5 Å². The molecule has 32 heavy (non-hydrogen) atoms. The Bertz CT molecular complexity index is 1190. The van der Waals surface area contributed by atoms with E-state index in [0.29, 0.717) is 23.1 Å². The van der Waals surface area contributed by atoms with Crippen molar-refractivity contribution in [1.29, 1.82) is 0 Å². The fourth-order valence-electron chi connectivity index (χ4n) is 3.05. The van der Waals surface area contributed by atoms with Crippen molar-refractivity contribution in [2.75, 3.05) is 12.3 Å². The van der Waals surface area contributed by atoms with E-state index in [1.54, 1.807) is 23.5 Å². The topological polar surface area (TPSA) is 103 Å². The van der Waals surface area contributed by atoms with E-state index in [4.69, 9.17) is 0 Å². The molecule has 1 N–H and O–H groups in total. The number of aromatic nitrogens is 3. The third-order valence-corrected chi connectivity index (χ3v) is 6.46. The summed E-state index contributed by atoms with van der Waals surface area (Å²) in [6, 6.07) is 19.8. The molecule has 0 aliphatic heterocycles. The SMILES string of the molecule is O=C(CSc1nnc(-c2ccc([N+](=O)[O-])cc2)n1-c1ccccc1)NCCc1cccs1. The Morgan fingerprint density at radius 3 is 2.53 bits per heavy atom. The second kappa shape index (κ2) is 10.2. The molecule has 0 unspecified atom stereocenters. The summed E-state index contributed by atoms with van der Waals surface area (Å²) in [7, 11) is 0. The van der Waals surface area contributed by atoms with Crippen molar-refractivity contribution in [3.8, 4) is 17.1 Å². The number of carbonyl (C=O) groups excluding carboxylic acids is 1. The van der Waals surface area contributed by atoms with Crippen LogP contribution in [0.2, 0.25) is 0 Å². The first-order chi connectivity index (χ1) is 15.6. The number of hydrogen-bond donors (Lipinski definition) is 1. The van der Waals surface area contributed by atoms with Gasteiger partial charge in [-0.1, -0.05) is 36.0 Å². The van der Waals surface area contributed by atoms with Gasteiger partial charge in [-0.3, -0.25) is 19.5 Å². The van der Waals surface area contributed by atoms with Crippen LogP contribution in [0.4, 0.5) is 5.69 Å². The lowest BCUT2D eigenvalue weighted by molar-refractivity contribution is -0.384. The Morgan fingerprint density at radius 1 is 1.06 bits per heavy atom. The molecule has 4 rings (SSSR count). The van der Waals surface area contributed by atoms with Gasteiger partial charge in [0, 0.05) is 34.8 Å². The number of nitro benzene ring substituents is 1. The molecule has 0 radical (unpaired) electrons. The van der Waals surface area contributed by atoms with Gasteiger partial charge < -0.3 is 5.32 Å². The number of para-hydroxylation sites is 1. The molecule has 2 aromatic heterocycles. The molecule has 2 heterocycles. The van der Waals surface area contributed by atoms with E-state index < -0.39 is 4.92 Å². The second-order valence-electron chi connectivity index (χ2n) is 6.75. The van der Waals surface area contributed by atoms with Gasteiger partial charge in [0.2, 0.25) is 5.91 Å². The van der Waals surface area contributed by atoms with Crippen molar-refractivity contribution in [3.05, 3.63) is 87.1 Å². The van der Waals surface area contributed by atoms with Gasteiger partial charge in [0.05, 0.1) is 10.7 Å². The van der Waals surface area contributed by atoms with Crippen molar-refractivity contribution >= 4 is 34.7 Å². The molecule has 4 aromatic rings. The van der Waals surface area contributed by atoms with Crippen molar-refractivity contribution in [2.45, 2.75) is 11.6 Å². The second-order valence-corrected chi connectivity index (χ2v) is 8.72. The number of amides is 1. The quantitative estimate of drug-likeness (QED) is 0.224. The number of nitro groups is 1. The Balaban J connectivity index is 1.50. The first-order valence-electron chi connectivity index (χ1n) is 9.79. The molecule has 0 saturated carbocycles. The predicted octanol–water partition coefficient (Wildman–Crippen LogP) is 4.36. The normalized spacial score (nSPS) is 10.8. The van der Waals surface area contributed by atoms with Gasteiger partial charge in [-0.05, 0) is 42.1 Å². The summed E-state index contributed by atoms with van der Waals surface area (Å²) < 4.78 is 1.85. The lowest BCUT2D eigenvalue weighted by atomic mass is 10.2. The monoisotopic (exact) mass is 465 g/mol. The molecule has 0 aliphatic rings.